The molecule has 0 atom stereocenters. The van der Waals surface area contributed by atoms with Crippen LogP contribution in [-0.2, 0) is 6.18 Å². The zero-order valence-electron chi connectivity index (χ0n) is 14.8. The summed E-state index contributed by atoms with van der Waals surface area (Å²) >= 11 is 12.0. The van der Waals surface area contributed by atoms with Gasteiger partial charge in [0.2, 0.25) is 0 Å². The van der Waals surface area contributed by atoms with Crippen LogP contribution in [0.4, 0.5) is 19.0 Å². The largest absolute Gasteiger partial charge is 0.454 e. The van der Waals surface area contributed by atoms with E-state index >= 15 is 0 Å². The van der Waals surface area contributed by atoms with Gasteiger partial charge < -0.3 is 4.74 Å². The molecule has 0 fully saturated rings. The highest BCUT2D eigenvalue weighted by Gasteiger charge is 2.30. The third-order valence-electron chi connectivity index (χ3n) is 3.73. The molecule has 0 aliphatic carbocycles. The molecule has 5 nitrogen and oxygen atoms in total. The van der Waals surface area contributed by atoms with Crippen LogP contribution in [0.15, 0.2) is 60.1 Å². The maximum Gasteiger partial charge on any atom is 0.416 e. The molecule has 29 heavy (non-hydrogen) atoms. The van der Waals surface area contributed by atoms with Crippen molar-refractivity contribution in [3.63, 3.8) is 0 Å². The van der Waals surface area contributed by atoms with E-state index in [2.05, 4.69) is 20.5 Å². The molecule has 0 spiro atoms. The van der Waals surface area contributed by atoms with E-state index in [1.165, 1.54) is 12.4 Å². The summed E-state index contributed by atoms with van der Waals surface area (Å²) in [6.45, 7) is 1.70. The summed E-state index contributed by atoms with van der Waals surface area (Å²) in [7, 11) is 0. The van der Waals surface area contributed by atoms with E-state index in [1.54, 1.807) is 31.2 Å². The Bertz CT molecular complexity index is 1020. The Hall–Kier alpha value is -2.84. The molecule has 0 radical (unpaired) electrons. The summed E-state index contributed by atoms with van der Waals surface area (Å²) in [4.78, 5) is 7.68. The monoisotopic (exact) mass is 440 g/mol. The lowest BCUT2D eigenvalue weighted by atomic mass is 10.1. The summed E-state index contributed by atoms with van der Waals surface area (Å²) < 4.78 is 43.9. The van der Waals surface area contributed by atoms with Crippen LogP contribution < -0.4 is 10.2 Å². The average molecular weight is 441 g/mol. The molecule has 0 bridgehead atoms. The quantitative estimate of drug-likeness (QED) is 0.366. The highest BCUT2D eigenvalue weighted by molar-refractivity contribution is 6.36. The second kappa shape index (κ2) is 8.67. The lowest BCUT2D eigenvalue weighted by Crippen LogP contribution is -2.06. The van der Waals surface area contributed by atoms with E-state index in [9.17, 15) is 13.2 Å². The zero-order chi connectivity index (χ0) is 21.0. The predicted molar refractivity (Wildman–Crippen MR) is 106 cm³/mol. The molecule has 0 unspecified atom stereocenters. The zero-order valence-corrected chi connectivity index (χ0v) is 16.3. The fourth-order valence-corrected chi connectivity index (χ4v) is 2.69. The number of ether oxygens (including phenoxy) is 1. The van der Waals surface area contributed by atoms with E-state index in [0.717, 1.165) is 23.9 Å². The lowest BCUT2D eigenvalue weighted by Gasteiger charge is -2.10. The Morgan fingerprint density at radius 2 is 1.72 bits per heavy atom. The van der Waals surface area contributed by atoms with Gasteiger partial charge in [0.1, 0.15) is 21.6 Å². The van der Waals surface area contributed by atoms with Crippen molar-refractivity contribution in [2.75, 3.05) is 5.43 Å². The maximum absolute atomic E-state index is 12.8. The number of benzene rings is 1. The molecule has 1 N–H and O–H groups in total. The second-order valence-electron chi connectivity index (χ2n) is 5.80. The first-order chi connectivity index (χ1) is 13.7. The molecule has 2 heterocycles. The predicted octanol–water partition coefficient (Wildman–Crippen LogP) is 6.43. The van der Waals surface area contributed by atoms with Crippen LogP contribution >= 0.6 is 23.2 Å². The number of alkyl halides is 3. The number of nitrogens with zero attached hydrogens (tertiary/aromatic N) is 3. The van der Waals surface area contributed by atoms with Crippen molar-refractivity contribution in [3.05, 3.63) is 76.2 Å². The van der Waals surface area contributed by atoms with Gasteiger partial charge in [-0.2, -0.15) is 18.3 Å². The van der Waals surface area contributed by atoms with E-state index in [1.807, 2.05) is 0 Å². The topological polar surface area (TPSA) is 59.4 Å². The Balaban J connectivity index is 1.71. The third-order valence-corrected chi connectivity index (χ3v) is 4.27. The van der Waals surface area contributed by atoms with E-state index in [0.29, 0.717) is 17.2 Å². The minimum absolute atomic E-state index is 0.0129. The molecular formula is C19H13Cl2F3N4O. The molecule has 3 aromatic rings. The molecular weight excluding hydrogens is 428 g/mol. The molecule has 0 aliphatic heterocycles. The number of halogens is 5. The van der Waals surface area contributed by atoms with E-state index in [4.69, 9.17) is 27.9 Å². The van der Waals surface area contributed by atoms with Gasteiger partial charge in [0, 0.05) is 18.6 Å². The van der Waals surface area contributed by atoms with Gasteiger partial charge in [0.05, 0.1) is 11.3 Å². The number of aromatic nitrogens is 2. The molecule has 0 amide bonds. The van der Waals surface area contributed by atoms with Gasteiger partial charge in [-0.1, -0.05) is 23.2 Å². The fourth-order valence-electron chi connectivity index (χ4n) is 2.25. The van der Waals surface area contributed by atoms with Gasteiger partial charge in [0.25, 0.3) is 0 Å². The Morgan fingerprint density at radius 1 is 1.07 bits per heavy atom. The van der Waals surface area contributed by atoms with Crippen molar-refractivity contribution in [2.45, 2.75) is 13.1 Å². The number of anilines is 1. The third kappa shape index (κ3) is 5.36. The molecule has 10 heteroatoms. The minimum Gasteiger partial charge on any atom is -0.454 e. The van der Waals surface area contributed by atoms with Gasteiger partial charge in [-0.15, -0.1) is 0 Å². The van der Waals surface area contributed by atoms with Gasteiger partial charge in [-0.3, -0.25) is 10.4 Å². The summed E-state index contributed by atoms with van der Waals surface area (Å²) in [6, 6.07) is 8.61. The number of hydrogen-bond acceptors (Lipinski definition) is 5. The Labute approximate surface area is 174 Å². The van der Waals surface area contributed by atoms with Crippen molar-refractivity contribution >= 4 is 34.7 Å². The molecule has 150 valence electrons. The van der Waals surface area contributed by atoms with Crippen molar-refractivity contribution < 1.29 is 17.9 Å². The summed E-state index contributed by atoms with van der Waals surface area (Å²) in [6.07, 6.45) is -0.547. The van der Waals surface area contributed by atoms with Crippen LogP contribution in [0.5, 0.6) is 11.5 Å². The molecule has 0 saturated heterocycles. The molecule has 0 saturated carbocycles. The van der Waals surface area contributed by atoms with Crippen LogP contribution in [0.1, 0.15) is 18.1 Å². The van der Waals surface area contributed by atoms with Crippen molar-refractivity contribution in [3.8, 4) is 11.5 Å². The highest BCUT2D eigenvalue weighted by atomic mass is 35.5. The molecule has 2 aromatic heterocycles. The Morgan fingerprint density at radius 3 is 2.34 bits per heavy atom. The fraction of sp³-hybridized carbons (Fsp3) is 0.105. The van der Waals surface area contributed by atoms with Gasteiger partial charge in [0.15, 0.2) is 5.75 Å². The van der Waals surface area contributed by atoms with E-state index < -0.39 is 11.7 Å². The van der Waals surface area contributed by atoms with Crippen LogP contribution in [0.25, 0.3) is 0 Å². The summed E-state index contributed by atoms with van der Waals surface area (Å²) in [5.41, 5.74) is 2.98. The number of nitrogens with one attached hydrogen (secondary N) is 1. The van der Waals surface area contributed by atoms with Crippen molar-refractivity contribution in [1.82, 2.24) is 9.97 Å². The molecule has 1 aromatic carbocycles. The first-order valence-corrected chi connectivity index (χ1v) is 8.90. The van der Waals surface area contributed by atoms with Gasteiger partial charge >= 0.3 is 6.18 Å². The second-order valence-corrected chi connectivity index (χ2v) is 6.61. The van der Waals surface area contributed by atoms with Crippen LogP contribution in [-0.4, -0.2) is 15.7 Å². The highest BCUT2D eigenvalue weighted by Crippen LogP contribution is 2.35. The smallest absolute Gasteiger partial charge is 0.416 e. The van der Waals surface area contributed by atoms with Crippen LogP contribution in [0.2, 0.25) is 10.0 Å². The minimum atomic E-state index is -4.45. The standard InChI is InChI=1S/C19H13Cl2F3N4O/c1-11(27-28-17-8-13(6-7-26-17)19(22,23)24)12-2-4-14(5-3-12)29-18-15(20)9-25-10-16(18)21/h2-10H,1H3,(H,26,28). The lowest BCUT2D eigenvalue weighted by molar-refractivity contribution is -0.137. The summed E-state index contributed by atoms with van der Waals surface area (Å²) in [5, 5.41) is 4.63. The average Bonchev–Trinajstić information content (AvgIpc) is 2.69. The normalized spacial score (nSPS) is 12.0. The van der Waals surface area contributed by atoms with Crippen LogP contribution in [0.3, 0.4) is 0 Å². The van der Waals surface area contributed by atoms with Gasteiger partial charge in [-0.05, 0) is 48.9 Å². The summed E-state index contributed by atoms with van der Waals surface area (Å²) in [5.74, 6) is 0.768. The van der Waals surface area contributed by atoms with Crippen molar-refractivity contribution in [2.24, 2.45) is 5.10 Å². The van der Waals surface area contributed by atoms with E-state index in [-0.39, 0.29) is 15.9 Å². The maximum atomic E-state index is 12.8. The first-order valence-electron chi connectivity index (χ1n) is 8.15. The number of rotatable bonds is 5. The first kappa shape index (κ1) is 20.9. The van der Waals surface area contributed by atoms with Crippen molar-refractivity contribution in [1.29, 1.82) is 0 Å². The van der Waals surface area contributed by atoms with Gasteiger partial charge in [-0.25, -0.2) is 4.98 Å². The number of hydrazone groups is 1. The SMILES string of the molecule is CC(=NNc1cc(C(F)(F)F)ccn1)c1ccc(Oc2c(Cl)cncc2Cl)cc1. The van der Waals surface area contributed by atoms with Crippen LogP contribution in [0, 0.1) is 0 Å². The molecule has 0 aliphatic rings. The molecule has 3 rings (SSSR count). The number of hydrogen-bond donors (Lipinski definition) is 1. The Kier molecular flexibility index (Phi) is 6.24. The number of pyridine rings is 2.